The lowest BCUT2D eigenvalue weighted by molar-refractivity contribution is -0.0362. The fourth-order valence-corrected chi connectivity index (χ4v) is 3.77. The number of hydrogen-bond acceptors (Lipinski definition) is 6. The van der Waals surface area contributed by atoms with Crippen LogP contribution >= 0.6 is 0 Å². The van der Waals surface area contributed by atoms with Crippen LogP contribution in [0.4, 0.5) is 5.82 Å². The van der Waals surface area contributed by atoms with Crippen LogP contribution in [0, 0.1) is 0 Å². The molecule has 1 aromatic carbocycles. The van der Waals surface area contributed by atoms with E-state index < -0.39 is 0 Å². The second kappa shape index (κ2) is 4.91. The van der Waals surface area contributed by atoms with Crippen molar-refractivity contribution in [3.05, 3.63) is 30.6 Å². The van der Waals surface area contributed by atoms with E-state index in [1.54, 1.807) is 6.33 Å². The standard InChI is InChI=1S/C17H18N4O2/c1-20-6-7-22-14-9-21(8-12(14)20)17-16-15(18-10-19-17)11-4-2-3-5-13(11)23-16/h2-5,10,12,14H,6-9H2,1H3. The number of furan rings is 1. The Kier molecular flexibility index (Phi) is 2.83. The van der Waals surface area contributed by atoms with E-state index in [2.05, 4.69) is 26.8 Å². The Labute approximate surface area is 133 Å². The van der Waals surface area contributed by atoms with Crippen LogP contribution in [-0.4, -0.2) is 60.3 Å². The number of anilines is 1. The number of benzene rings is 1. The quantitative estimate of drug-likeness (QED) is 0.684. The van der Waals surface area contributed by atoms with Crippen LogP contribution in [0.15, 0.2) is 35.0 Å². The van der Waals surface area contributed by atoms with Gasteiger partial charge in [0.1, 0.15) is 17.4 Å². The average Bonchev–Trinajstić information content (AvgIpc) is 3.16. The van der Waals surface area contributed by atoms with Gasteiger partial charge in [-0.2, -0.15) is 0 Å². The van der Waals surface area contributed by atoms with Crippen molar-refractivity contribution >= 4 is 27.9 Å². The first kappa shape index (κ1) is 13.3. The second-order valence-corrected chi connectivity index (χ2v) is 6.34. The van der Waals surface area contributed by atoms with Gasteiger partial charge in [0.15, 0.2) is 11.4 Å². The molecule has 0 amide bonds. The van der Waals surface area contributed by atoms with E-state index in [0.717, 1.165) is 54.1 Å². The molecule has 0 N–H and O–H groups in total. The minimum Gasteiger partial charge on any atom is -0.450 e. The van der Waals surface area contributed by atoms with E-state index in [9.17, 15) is 0 Å². The summed E-state index contributed by atoms with van der Waals surface area (Å²) in [6, 6.07) is 8.41. The van der Waals surface area contributed by atoms with E-state index in [1.165, 1.54) is 0 Å². The van der Waals surface area contributed by atoms with E-state index in [0.29, 0.717) is 6.04 Å². The number of rotatable bonds is 1. The summed E-state index contributed by atoms with van der Waals surface area (Å²) < 4.78 is 12.0. The third kappa shape index (κ3) is 1.95. The van der Waals surface area contributed by atoms with Crippen LogP contribution in [0.1, 0.15) is 0 Å². The van der Waals surface area contributed by atoms with Gasteiger partial charge in [-0.1, -0.05) is 12.1 Å². The summed E-state index contributed by atoms with van der Waals surface area (Å²) in [6.45, 7) is 3.54. The maximum absolute atomic E-state index is 6.06. The zero-order valence-corrected chi connectivity index (χ0v) is 13.0. The molecule has 2 fully saturated rings. The maximum Gasteiger partial charge on any atom is 0.196 e. The van der Waals surface area contributed by atoms with Crippen LogP contribution in [0.5, 0.6) is 0 Å². The highest BCUT2D eigenvalue weighted by Crippen LogP contribution is 2.34. The highest BCUT2D eigenvalue weighted by atomic mass is 16.5. The molecule has 2 aliphatic heterocycles. The number of morpholine rings is 1. The molecule has 0 spiro atoms. The molecule has 0 saturated carbocycles. The topological polar surface area (TPSA) is 54.6 Å². The summed E-state index contributed by atoms with van der Waals surface area (Å²) in [5.74, 6) is 0.873. The van der Waals surface area contributed by atoms with E-state index >= 15 is 0 Å². The van der Waals surface area contributed by atoms with Crippen molar-refractivity contribution in [2.24, 2.45) is 0 Å². The molecule has 2 atom stereocenters. The molecule has 6 heteroatoms. The average molecular weight is 310 g/mol. The van der Waals surface area contributed by atoms with Crippen molar-refractivity contribution in [3.63, 3.8) is 0 Å². The summed E-state index contributed by atoms with van der Waals surface area (Å²) in [4.78, 5) is 13.6. The van der Waals surface area contributed by atoms with Crippen LogP contribution in [-0.2, 0) is 4.74 Å². The highest BCUT2D eigenvalue weighted by molar-refractivity contribution is 6.05. The second-order valence-electron chi connectivity index (χ2n) is 6.34. The first-order valence-corrected chi connectivity index (χ1v) is 8.00. The van der Waals surface area contributed by atoms with Crippen molar-refractivity contribution in [1.29, 1.82) is 0 Å². The van der Waals surface area contributed by atoms with E-state index in [1.807, 2.05) is 24.3 Å². The molecular formula is C17H18N4O2. The molecule has 0 aliphatic carbocycles. The monoisotopic (exact) mass is 310 g/mol. The Morgan fingerprint density at radius 3 is 3.00 bits per heavy atom. The minimum absolute atomic E-state index is 0.239. The summed E-state index contributed by atoms with van der Waals surface area (Å²) in [7, 11) is 2.17. The zero-order valence-electron chi connectivity index (χ0n) is 13.0. The molecule has 2 aliphatic rings. The summed E-state index contributed by atoms with van der Waals surface area (Å²) >= 11 is 0. The van der Waals surface area contributed by atoms with Crippen molar-refractivity contribution in [2.75, 3.05) is 38.2 Å². The maximum atomic E-state index is 6.06. The molecule has 2 aromatic heterocycles. The predicted molar refractivity (Wildman–Crippen MR) is 87.7 cm³/mol. The van der Waals surface area contributed by atoms with Crippen molar-refractivity contribution < 1.29 is 9.15 Å². The number of nitrogens with zero attached hydrogens (tertiary/aromatic N) is 4. The van der Waals surface area contributed by atoms with Gasteiger partial charge in [-0.3, -0.25) is 4.90 Å². The van der Waals surface area contributed by atoms with Crippen LogP contribution < -0.4 is 4.90 Å². The number of fused-ring (bicyclic) bond motifs is 4. The zero-order chi connectivity index (χ0) is 15.4. The smallest absolute Gasteiger partial charge is 0.196 e. The molecule has 2 saturated heterocycles. The third-order valence-electron chi connectivity index (χ3n) is 5.02. The van der Waals surface area contributed by atoms with Gasteiger partial charge in [0.25, 0.3) is 0 Å². The Bertz CT molecular complexity index is 877. The van der Waals surface area contributed by atoms with Crippen molar-refractivity contribution in [3.8, 4) is 0 Å². The molecule has 3 aromatic rings. The molecule has 118 valence electrons. The van der Waals surface area contributed by atoms with Gasteiger partial charge in [0.05, 0.1) is 18.8 Å². The predicted octanol–water partition coefficient (Wildman–Crippen LogP) is 1.90. The Morgan fingerprint density at radius 2 is 2.09 bits per heavy atom. The number of aromatic nitrogens is 2. The van der Waals surface area contributed by atoms with Crippen molar-refractivity contribution in [1.82, 2.24) is 14.9 Å². The van der Waals surface area contributed by atoms with Gasteiger partial charge >= 0.3 is 0 Å². The lowest BCUT2D eigenvalue weighted by atomic mass is 10.1. The molecule has 6 nitrogen and oxygen atoms in total. The first-order valence-electron chi connectivity index (χ1n) is 8.00. The molecule has 23 heavy (non-hydrogen) atoms. The largest absolute Gasteiger partial charge is 0.450 e. The fraction of sp³-hybridized carbons (Fsp3) is 0.412. The third-order valence-corrected chi connectivity index (χ3v) is 5.02. The summed E-state index contributed by atoms with van der Waals surface area (Å²) in [6.07, 6.45) is 1.87. The van der Waals surface area contributed by atoms with Gasteiger partial charge in [-0.25, -0.2) is 9.97 Å². The number of para-hydroxylation sites is 1. The van der Waals surface area contributed by atoms with Crippen LogP contribution in [0.2, 0.25) is 0 Å². The number of hydrogen-bond donors (Lipinski definition) is 0. The molecule has 0 radical (unpaired) electrons. The summed E-state index contributed by atoms with van der Waals surface area (Å²) in [5, 5.41) is 1.04. The van der Waals surface area contributed by atoms with Crippen LogP contribution in [0.3, 0.4) is 0 Å². The Morgan fingerprint density at radius 1 is 1.17 bits per heavy atom. The molecule has 2 unspecified atom stereocenters. The molecule has 5 rings (SSSR count). The van der Waals surface area contributed by atoms with Crippen LogP contribution in [0.25, 0.3) is 22.1 Å². The Balaban J connectivity index is 1.61. The lowest BCUT2D eigenvalue weighted by Gasteiger charge is -2.33. The molecule has 0 bridgehead atoms. The van der Waals surface area contributed by atoms with E-state index in [-0.39, 0.29) is 6.10 Å². The van der Waals surface area contributed by atoms with Gasteiger partial charge < -0.3 is 14.1 Å². The van der Waals surface area contributed by atoms with Gasteiger partial charge in [0, 0.05) is 25.0 Å². The molecule has 4 heterocycles. The Hall–Kier alpha value is -2.18. The molecular weight excluding hydrogens is 292 g/mol. The fourth-order valence-electron chi connectivity index (χ4n) is 3.77. The first-order chi connectivity index (χ1) is 11.3. The minimum atomic E-state index is 0.239. The van der Waals surface area contributed by atoms with E-state index in [4.69, 9.17) is 9.15 Å². The highest BCUT2D eigenvalue weighted by Gasteiger charge is 2.40. The number of likely N-dealkylation sites (N-methyl/N-ethyl adjacent to an activating group) is 1. The van der Waals surface area contributed by atoms with Crippen molar-refractivity contribution in [2.45, 2.75) is 12.1 Å². The van der Waals surface area contributed by atoms with Gasteiger partial charge in [-0.15, -0.1) is 0 Å². The lowest BCUT2D eigenvalue weighted by Crippen LogP contribution is -2.48. The SMILES string of the molecule is CN1CCOC2CN(c3ncnc4c3oc3ccccc34)CC21. The van der Waals surface area contributed by atoms with Gasteiger partial charge in [-0.05, 0) is 19.2 Å². The van der Waals surface area contributed by atoms with Gasteiger partial charge in [0.2, 0.25) is 0 Å². The number of ether oxygens (including phenoxy) is 1. The normalized spacial score (nSPS) is 25.3. The summed E-state index contributed by atoms with van der Waals surface area (Å²) in [5.41, 5.74) is 2.51.